The van der Waals surface area contributed by atoms with Gasteiger partial charge in [-0.05, 0) is 37.5 Å². The Morgan fingerprint density at radius 3 is 2.79 bits per heavy atom. The lowest BCUT2D eigenvalue weighted by Crippen LogP contribution is -2.33. The first-order valence-corrected chi connectivity index (χ1v) is 5.40. The first kappa shape index (κ1) is 11.8. The van der Waals surface area contributed by atoms with Gasteiger partial charge in [-0.1, -0.05) is 31.3 Å². The standard InChI is InChI=1S/C10H15ClN2S/c1-4-10(3,13-14)8-5-9(11)12-6-7(8)2/h5-6,13-14H,4H2,1-3H3/t10-/m0/s1. The lowest BCUT2D eigenvalue weighted by atomic mass is 9.88. The van der Waals surface area contributed by atoms with Gasteiger partial charge < -0.3 is 0 Å². The van der Waals surface area contributed by atoms with Crippen molar-refractivity contribution in [1.29, 1.82) is 0 Å². The molecule has 1 aromatic heterocycles. The van der Waals surface area contributed by atoms with Gasteiger partial charge >= 0.3 is 0 Å². The number of nitrogens with zero attached hydrogens (tertiary/aromatic N) is 1. The summed E-state index contributed by atoms with van der Waals surface area (Å²) < 4.78 is 3.02. The summed E-state index contributed by atoms with van der Waals surface area (Å²) in [6.07, 6.45) is 2.73. The molecule has 1 atom stereocenters. The number of thiol groups is 1. The Balaban J connectivity index is 3.22. The maximum absolute atomic E-state index is 5.87. The molecule has 0 saturated heterocycles. The third-order valence-corrected chi connectivity index (χ3v) is 3.32. The molecule has 14 heavy (non-hydrogen) atoms. The molecular formula is C10H15ClN2S. The highest BCUT2D eigenvalue weighted by atomic mass is 35.5. The zero-order valence-corrected chi connectivity index (χ0v) is 10.3. The van der Waals surface area contributed by atoms with Crippen LogP contribution in [-0.2, 0) is 5.54 Å². The molecule has 0 amide bonds. The molecule has 4 heteroatoms. The molecule has 1 rings (SSSR count). The fourth-order valence-electron chi connectivity index (χ4n) is 1.42. The van der Waals surface area contributed by atoms with Crippen LogP contribution in [0.15, 0.2) is 12.3 Å². The van der Waals surface area contributed by atoms with E-state index < -0.39 is 0 Å². The number of pyridine rings is 1. The number of aryl methyl sites for hydroxylation is 1. The van der Waals surface area contributed by atoms with Crippen molar-refractivity contribution >= 4 is 24.4 Å². The minimum absolute atomic E-state index is 0.153. The molecule has 1 N–H and O–H groups in total. The fourth-order valence-corrected chi connectivity index (χ4v) is 1.86. The first-order chi connectivity index (χ1) is 6.53. The molecule has 0 saturated carbocycles. The first-order valence-electron chi connectivity index (χ1n) is 4.57. The molecular weight excluding hydrogens is 216 g/mol. The van der Waals surface area contributed by atoms with Crippen LogP contribution < -0.4 is 4.72 Å². The predicted molar refractivity (Wildman–Crippen MR) is 63.7 cm³/mol. The summed E-state index contributed by atoms with van der Waals surface area (Å²) in [5.74, 6) is 0. The van der Waals surface area contributed by atoms with E-state index in [1.807, 2.05) is 13.0 Å². The van der Waals surface area contributed by atoms with E-state index in [4.69, 9.17) is 11.6 Å². The smallest absolute Gasteiger partial charge is 0.129 e. The highest BCUT2D eigenvalue weighted by Crippen LogP contribution is 2.28. The highest BCUT2D eigenvalue weighted by molar-refractivity contribution is 7.78. The fraction of sp³-hybridized carbons (Fsp3) is 0.500. The van der Waals surface area contributed by atoms with Crippen molar-refractivity contribution in [2.45, 2.75) is 32.7 Å². The topological polar surface area (TPSA) is 24.9 Å². The number of hydrogen-bond donors (Lipinski definition) is 2. The molecule has 0 aliphatic carbocycles. The van der Waals surface area contributed by atoms with Crippen molar-refractivity contribution in [1.82, 2.24) is 9.71 Å². The van der Waals surface area contributed by atoms with Crippen LogP contribution in [0.4, 0.5) is 0 Å². The average molecular weight is 231 g/mol. The molecule has 0 unspecified atom stereocenters. The van der Waals surface area contributed by atoms with E-state index in [0.29, 0.717) is 5.15 Å². The summed E-state index contributed by atoms with van der Waals surface area (Å²) >= 11 is 10.0. The van der Waals surface area contributed by atoms with Crippen LogP contribution in [0.5, 0.6) is 0 Å². The number of aromatic nitrogens is 1. The zero-order valence-electron chi connectivity index (χ0n) is 8.63. The Morgan fingerprint density at radius 2 is 2.29 bits per heavy atom. The van der Waals surface area contributed by atoms with E-state index in [0.717, 1.165) is 17.5 Å². The molecule has 0 aliphatic rings. The van der Waals surface area contributed by atoms with Crippen LogP contribution in [0.2, 0.25) is 5.15 Å². The molecule has 0 spiro atoms. The van der Waals surface area contributed by atoms with Crippen molar-refractivity contribution in [3.63, 3.8) is 0 Å². The Morgan fingerprint density at radius 1 is 1.64 bits per heavy atom. The second kappa shape index (κ2) is 4.51. The number of rotatable bonds is 3. The largest absolute Gasteiger partial charge is 0.256 e. The molecule has 0 aromatic carbocycles. The summed E-state index contributed by atoms with van der Waals surface area (Å²) in [6.45, 7) is 6.23. The number of halogens is 1. The molecule has 1 aromatic rings. The third kappa shape index (κ3) is 2.22. The Bertz CT molecular complexity index is 324. The number of hydrogen-bond acceptors (Lipinski definition) is 3. The monoisotopic (exact) mass is 230 g/mol. The molecule has 0 bridgehead atoms. The second-order valence-corrected chi connectivity index (χ2v) is 4.23. The molecule has 0 radical (unpaired) electrons. The summed E-state index contributed by atoms with van der Waals surface area (Å²) in [7, 11) is 0. The van der Waals surface area contributed by atoms with Crippen molar-refractivity contribution in [3.05, 3.63) is 28.5 Å². The van der Waals surface area contributed by atoms with Crippen molar-refractivity contribution in [2.75, 3.05) is 0 Å². The Labute approximate surface area is 95.6 Å². The van der Waals surface area contributed by atoms with Crippen molar-refractivity contribution in [2.24, 2.45) is 0 Å². The van der Waals surface area contributed by atoms with Gasteiger partial charge in [-0.3, -0.25) is 4.72 Å². The van der Waals surface area contributed by atoms with E-state index in [-0.39, 0.29) is 5.54 Å². The minimum Gasteiger partial charge on any atom is -0.256 e. The van der Waals surface area contributed by atoms with Gasteiger partial charge in [0, 0.05) is 6.20 Å². The predicted octanol–water partition coefficient (Wildman–Crippen LogP) is 3.10. The van der Waals surface area contributed by atoms with E-state index in [2.05, 4.69) is 36.4 Å². The van der Waals surface area contributed by atoms with Gasteiger partial charge in [-0.25, -0.2) is 4.98 Å². The van der Waals surface area contributed by atoms with Crippen LogP contribution in [0, 0.1) is 6.92 Å². The summed E-state index contributed by atoms with van der Waals surface area (Å²) in [5, 5.41) is 0.522. The van der Waals surface area contributed by atoms with E-state index in [9.17, 15) is 0 Å². The third-order valence-electron chi connectivity index (χ3n) is 2.62. The van der Waals surface area contributed by atoms with Gasteiger partial charge in [0.25, 0.3) is 0 Å². The van der Waals surface area contributed by atoms with Crippen LogP contribution in [0.25, 0.3) is 0 Å². The van der Waals surface area contributed by atoms with Gasteiger partial charge in [-0.15, -0.1) is 0 Å². The van der Waals surface area contributed by atoms with Gasteiger partial charge in [0.05, 0.1) is 5.54 Å². The van der Waals surface area contributed by atoms with Crippen LogP contribution in [-0.4, -0.2) is 4.98 Å². The molecule has 78 valence electrons. The second-order valence-electron chi connectivity index (χ2n) is 3.62. The number of nitrogens with one attached hydrogen (secondary N) is 1. The maximum Gasteiger partial charge on any atom is 0.129 e. The van der Waals surface area contributed by atoms with E-state index in [1.165, 1.54) is 0 Å². The van der Waals surface area contributed by atoms with Gasteiger partial charge in [0.1, 0.15) is 5.15 Å². The SMILES string of the molecule is CC[C@](C)(NS)c1cc(Cl)ncc1C. The highest BCUT2D eigenvalue weighted by Gasteiger charge is 2.24. The summed E-state index contributed by atoms with van der Waals surface area (Å²) in [4.78, 5) is 4.03. The molecule has 0 fully saturated rings. The minimum atomic E-state index is -0.153. The van der Waals surface area contributed by atoms with E-state index >= 15 is 0 Å². The normalized spacial score (nSPS) is 15.2. The molecule has 0 aliphatic heterocycles. The zero-order chi connectivity index (χ0) is 10.8. The lowest BCUT2D eigenvalue weighted by Gasteiger charge is -2.29. The van der Waals surface area contributed by atoms with Crippen LogP contribution >= 0.6 is 24.4 Å². The molecule has 2 nitrogen and oxygen atoms in total. The van der Waals surface area contributed by atoms with Crippen molar-refractivity contribution in [3.8, 4) is 0 Å². The van der Waals surface area contributed by atoms with Gasteiger partial charge in [0.15, 0.2) is 0 Å². The van der Waals surface area contributed by atoms with Crippen molar-refractivity contribution < 1.29 is 0 Å². The van der Waals surface area contributed by atoms with Crippen LogP contribution in [0.1, 0.15) is 31.4 Å². The van der Waals surface area contributed by atoms with Gasteiger partial charge in [-0.2, -0.15) is 0 Å². The Hall–Kier alpha value is -0.250. The average Bonchev–Trinajstić information content (AvgIpc) is 2.20. The summed E-state index contributed by atoms with van der Waals surface area (Å²) in [6, 6.07) is 1.89. The summed E-state index contributed by atoms with van der Waals surface area (Å²) in [5.41, 5.74) is 2.12. The quantitative estimate of drug-likeness (QED) is 0.616. The lowest BCUT2D eigenvalue weighted by molar-refractivity contribution is 0.438. The van der Waals surface area contributed by atoms with Crippen LogP contribution in [0.3, 0.4) is 0 Å². The molecule has 1 heterocycles. The maximum atomic E-state index is 5.87. The van der Waals surface area contributed by atoms with Gasteiger partial charge in [0.2, 0.25) is 0 Å². The Kier molecular flexibility index (Phi) is 3.81. The van der Waals surface area contributed by atoms with E-state index in [1.54, 1.807) is 6.20 Å².